The fraction of sp³-hybridized carbons (Fsp3) is 0.462. The van der Waals surface area contributed by atoms with Crippen LogP contribution in [0.1, 0.15) is 48.5 Å². The fourth-order valence-corrected chi connectivity index (χ4v) is 1.25. The number of carbonyl (C=O) groups is 2. The number of aliphatic hydroxyl groups is 1. The van der Waals surface area contributed by atoms with Gasteiger partial charge in [-0.05, 0) is 39.8 Å². The number of rotatable bonds is 4. The molecule has 0 spiro atoms. The summed E-state index contributed by atoms with van der Waals surface area (Å²) < 4.78 is 0. The van der Waals surface area contributed by atoms with Gasteiger partial charge in [-0.1, -0.05) is 0 Å². The molecule has 0 atom stereocenters. The first-order valence-corrected chi connectivity index (χ1v) is 5.79. The first kappa shape index (κ1) is 15.1. The Morgan fingerprint density at radius 1 is 1.26 bits per heavy atom. The molecule has 0 aliphatic carbocycles. The van der Waals surface area contributed by atoms with Crippen LogP contribution < -0.4 is 5.32 Å². The van der Waals surface area contributed by atoms with Crippen LogP contribution in [0.5, 0.6) is 0 Å². The minimum atomic E-state index is -1.22. The number of nitrogens with zero attached hydrogens (tertiary/aromatic N) is 1. The number of carbonyl (C=O) groups excluding carboxylic acids is 1. The monoisotopic (exact) mass is 266 g/mol. The zero-order valence-corrected chi connectivity index (χ0v) is 11.4. The minimum Gasteiger partial charge on any atom is -0.478 e. The molecule has 6 heteroatoms. The quantitative estimate of drug-likeness (QED) is 0.756. The molecule has 0 aliphatic rings. The van der Waals surface area contributed by atoms with Gasteiger partial charge in [0.2, 0.25) is 0 Å². The third-order valence-electron chi connectivity index (χ3n) is 3.21. The molecule has 0 saturated heterocycles. The van der Waals surface area contributed by atoms with Gasteiger partial charge in [0.25, 0.3) is 5.91 Å². The van der Waals surface area contributed by atoms with Gasteiger partial charge in [-0.15, -0.1) is 0 Å². The van der Waals surface area contributed by atoms with Crippen LogP contribution >= 0.6 is 0 Å². The summed E-state index contributed by atoms with van der Waals surface area (Å²) in [6.07, 6.45) is 1.35. The molecular weight excluding hydrogens is 248 g/mol. The minimum absolute atomic E-state index is 0.174. The average Bonchev–Trinajstić information content (AvgIpc) is 2.26. The van der Waals surface area contributed by atoms with Gasteiger partial charge in [0.1, 0.15) is 5.69 Å². The second-order valence-corrected chi connectivity index (χ2v) is 5.34. The lowest BCUT2D eigenvalue weighted by Crippen LogP contribution is -2.58. The Kier molecular flexibility index (Phi) is 3.95. The molecule has 6 nitrogen and oxygen atoms in total. The van der Waals surface area contributed by atoms with Crippen molar-refractivity contribution in [3.05, 3.63) is 29.6 Å². The molecule has 1 aromatic rings. The van der Waals surface area contributed by atoms with E-state index in [1.807, 2.05) is 0 Å². The van der Waals surface area contributed by atoms with E-state index in [0.29, 0.717) is 0 Å². The third-order valence-corrected chi connectivity index (χ3v) is 3.21. The average molecular weight is 266 g/mol. The van der Waals surface area contributed by atoms with Crippen molar-refractivity contribution < 1.29 is 19.8 Å². The van der Waals surface area contributed by atoms with Crippen LogP contribution in [0, 0.1) is 0 Å². The smallest absolute Gasteiger partial charge is 0.338 e. The number of carboxylic acid groups (broad SMARTS) is 1. The fourth-order valence-electron chi connectivity index (χ4n) is 1.25. The lowest BCUT2D eigenvalue weighted by atomic mass is 9.86. The molecule has 0 unspecified atom stereocenters. The molecule has 3 N–H and O–H groups in total. The number of amides is 1. The highest BCUT2D eigenvalue weighted by Gasteiger charge is 2.37. The van der Waals surface area contributed by atoms with E-state index in [1.165, 1.54) is 18.3 Å². The second kappa shape index (κ2) is 4.97. The van der Waals surface area contributed by atoms with Crippen LogP contribution in [0.3, 0.4) is 0 Å². The summed E-state index contributed by atoms with van der Waals surface area (Å²) in [5.74, 6) is -1.86. The molecule has 1 rings (SSSR count). The molecule has 104 valence electrons. The standard InChI is InChI=1S/C13H18N2O4/c1-12(2,13(3,4)19)15-10(16)9-8(11(17)18)6-5-7-14-9/h5-7,19H,1-4H3,(H,15,16)(H,17,18). The largest absolute Gasteiger partial charge is 0.478 e. The molecule has 0 aliphatic heterocycles. The van der Waals surface area contributed by atoms with Crippen molar-refractivity contribution in [2.75, 3.05) is 0 Å². The molecular formula is C13H18N2O4. The van der Waals surface area contributed by atoms with Crippen LogP contribution in [-0.2, 0) is 0 Å². The summed E-state index contributed by atoms with van der Waals surface area (Å²) in [6.45, 7) is 6.41. The van der Waals surface area contributed by atoms with Gasteiger partial charge in [0.05, 0.1) is 16.7 Å². The Hall–Kier alpha value is -1.95. The third kappa shape index (κ3) is 3.29. The number of pyridine rings is 1. The van der Waals surface area contributed by atoms with Crippen LogP contribution in [0.15, 0.2) is 18.3 Å². The van der Waals surface area contributed by atoms with Crippen molar-refractivity contribution >= 4 is 11.9 Å². The van der Waals surface area contributed by atoms with Crippen LogP contribution in [0.25, 0.3) is 0 Å². The number of hydrogen-bond acceptors (Lipinski definition) is 4. The number of aromatic carboxylic acids is 1. The van der Waals surface area contributed by atoms with Crippen LogP contribution in [0.2, 0.25) is 0 Å². The van der Waals surface area contributed by atoms with E-state index in [4.69, 9.17) is 5.11 Å². The van der Waals surface area contributed by atoms with E-state index in [0.717, 1.165) is 0 Å². The Morgan fingerprint density at radius 2 is 1.84 bits per heavy atom. The lowest BCUT2D eigenvalue weighted by molar-refractivity contribution is -0.00304. The molecule has 1 amide bonds. The van der Waals surface area contributed by atoms with E-state index >= 15 is 0 Å². The van der Waals surface area contributed by atoms with Gasteiger partial charge in [-0.3, -0.25) is 9.78 Å². The van der Waals surface area contributed by atoms with Crippen molar-refractivity contribution in [2.45, 2.75) is 38.8 Å². The summed E-state index contributed by atoms with van der Waals surface area (Å²) in [6, 6.07) is 2.75. The number of aromatic nitrogens is 1. The zero-order chi connectivity index (χ0) is 14.8. The van der Waals surface area contributed by atoms with Gasteiger partial charge in [-0.2, -0.15) is 0 Å². The summed E-state index contributed by atoms with van der Waals surface area (Å²) in [5, 5.41) is 21.6. The lowest BCUT2D eigenvalue weighted by Gasteiger charge is -2.37. The van der Waals surface area contributed by atoms with E-state index < -0.39 is 23.0 Å². The van der Waals surface area contributed by atoms with Crippen molar-refractivity contribution in [2.24, 2.45) is 0 Å². The highest BCUT2D eigenvalue weighted by atomic mass is 16.4. The number of nitrogens with one attached hydrogen (secondary N) is 1. The first-order chi connectivity index (χ1) is 8.56. The molecule has 0 fully saturated rings. The van der Waals surface area contributed by atoms with Gasteiger partial charge < -0.3 is 15.5 Å². The molecule has 0 aromatic carbocycles. The van der Waals surface area contributed by atoms with Gasteiger partial charge >= 0.3 is 5.97 Å². The maximum Gasteiger partial charge on any atom is 0.338 e. The summed E-state index contributed by atoms with van der Waals surface area (Å²) in [4.78, 5) is 26.9. The normalized spacial score (nSPS) is 12.1. The van der Waals surface area contributed by atoms with Gasteiger partial charge in [-0.25, -0.2) is 4.79 Å². The van der Waals surface area contributed by atoms with Crippen molar-refractivity contribution in [1.82, 2.24) is 10.3 Å². The Bertz CT molecular complexity index is 504. The van der Waals surface area contributed by atoms with E-state index in [9.17, 15) is 14.7 Å². The van der Waals surface area contributed by atoms with Crippen LogP contribution in [-0.4, -0.2) is 38.2 Å². The van der Waals surface area contributed by atoms with E-state index in [-0.39, 0.29) is 11.3 Å². The Morgan fingerprint density at radius 3 is 2.32 bits per heavy atom. The highest BCUT2D eigenvalue weighted by molar-refractivity contribution is 6.03. The molecule has 0 saturated carbocycles. The summed E-state index contributed by atoms with van der Waals surface area (Å²) in [5.41, 5.74) is -2.45. The van der Waals surface area contributed by atoms with Crippen molar-refractivity contribution in [3.63, 3.8) is 0 Å². The molecule has 1 aromatic heterocycles. The van der Waals surface area contributed by atoms with Gasteiger partial charge in [0.15, 0.2) is 0 Å². The van der Waals surface area contributed by atoms with Crippen LogP contribution in [0.4, 0.5) is 0 Å². The summed E-state index contributed by atoms with van der Waals surface area (Å²) in [7, 11) is 0. The Labute approximate surface area is 111 Å². The van der Waals surface area contributed by atoms with Gasteiger partial charge in [0, 0.05) is 6.20 Å². The van der Waals surface area contributed by atoms with E-state index in [2.05, 4.69) is 10.3 Å². The second-order valence-electron chi connectivity index (χ2n) is 5.34. The predicted octanol–water partition coefficient (Wildman–Crippen LogP) is 1.06. The van der Waals surface area contributed by atoms with Crippen molar-refractivity contribution in [3.8, 4) is 0 Å². The SMILES string of the molecule is CC(C)(O)C(C)(C)NC(=O)c1ncccc1C(=O)O. The number of hydrogen-bond donors (Lipinski definition) is 3. The van der Waals surface area contributed by atoms with E-state index in [1.54, 1.807) is 27.7 Å². The molecule has 1 heterocycles. The molecule has 0 bridgehead atoms. The Balaban J connectivity index is 3.07. The maximum atomic E-state index is 12.1. The van der Waals surface area contributed by atoms with Crippen molar-refractivity contribution in [1.29, 1.82) is 0 Å². The first-order valence-electron chi connectivity index (χ1n) is 5.79. The maximum absolute atomic E-state index is 12.1. The number of carboxylic acids is 1. The molecule has 19 heavy (non-hydrogen) atoms. The predicted molar refractivity (Wildman–Crippen MR) is 69.0 cm³/mol. The topological polar surface area (TPSA) is 99.5 Å². The highest BCUT2D eigenvalue weighted by Crippen LogP contribution is 2.21. The zero-order valence-electron chi connectivity index (χ0n) is 11.4. The molecule has 0 radical (unpaired) electrons. The summed E-state index contributed by atoms with van der Waals surface area (Å²) >= 11 is 0.